The zero-order valence-electron chi connectivity index (χ0n) is 15.2. The van der Waals surface area contributed by atoms with Crippen LogP contribution in [0.5, 0.6) is 11.5 Å². The Labute approximate surface area is 174 Å². The smallest absolute Gasteiger partial charge is 0.209 e. The molecule has 0 unspecified atom stereocenters. The minimum Gasteiger partial charge on any atom is -0.491 e. The van der Waals surface area contributed by atoms with E-state index < -0.39 is 12.6 Å². The number of hydrogen-bond donors (Lipinski definition) is 0. The molecule has 3 rings (SSSR count). The fourth-order valence-corrected chi connectivity index (χ4v) is 2.70. The summed E-state index contributed by atoms with van der Waals surface area (Å²) in [5.41, 5.74) is 0. The van der Waals surface area contributed by atoms with Crippen LogP contribution in [0.3, 0.4) is 0 Å². The molecule has 2 aromatic carbocycles. The van der Waals surface area contributed by atoms with Crippen LogP contribution in [0.25, 0.3) is 0 Å². The van der Waals surface area contributed by atoms with Crippen molar-refractivity contribution in [3.63, 3.8) is 0 Å². The second kappa shape index (κ2) is 11.5. The van der Waals surface area contributed by atoms with Gasteiger partial charge in [-0.1, -0.05) is 23.2 Å². The topological polar surface area (TPSA) is 55.4 Å². The monoisotopic (exact) mass is 428 g/mol. The summed E-state index contributed by atoms with van der Waals surface area (Å²) in [4.78, 5) is 0. The van der Waals surface area contributed by atoms with Gasteiger partial charge in [0.15, 0.2) is 0 Å². The van der Waals surface area contributed by atoms with Gasteiger partial charge in [-0.05, 0) is 48.5 Å². The molecule has 6 nitrogen and oxygen atoms in total. The summed E-state index contributed by atoms with van der Waals surface area (Å²) in [6, 6.07) is 14.3. The molecule has 0 bridgehead atoms. The first-order valence-electron chi connectivity index (χ1n) is 8.94. The molecule has 28 heavy (non-hydrogen) atoms. The molecule has 1 aliphatic heterocycles. The molecule has 0 amide bonds. The third-order valence-electron chi connectivity index (χ3n) is 3.77. The molecule has 1 saturated heterocycles. The van der Waals surface area contributed by atoms with E-state index in [4.69, 9.17) is 51.6 Å². The number of benzene rings is 2. The highest BCUT2D eigenvalue weighted by Crippen LogP contribution is 2.17. The summed E-state index contributed by atoms with van der Waals surface area (Å²) in [6.45, 7) is 2.30. The van der Waals surface area contributed by atoms with Crippen molar-refractivity contribution in [3.05, 3.63) is 58.6 Å². The molecule has 0 saturated carbocycles. The van der Waals surface area contributed by atoms with Crippen molar-refractivity contribution >= 4 is 23.2 Å². The minimum atomic E-state index is -0.613. The van der Waals surface area contributed by atoms with Crippen LogP contribution in [0, 0.1) is 0 Å². The lowest BCUT2D eigenvalue weighted by Gasteiger charge is -2.31. The van der Waals surface area contributed by atoms with Crippen LogP contribution in [-0.4, -0.2) is 52.2 Å². The largest absolute Gasteiger partial charge is 0.491 e. The van der Waals surface area contributed by atoms with Gasteiger partial charge in [-0.2, -0.15) is 0 Å². The average molecular weight is 429 g/mol. The minimum absolute atomic E-state index is 0.331. The van der Waals surface area contributed by atoms with Gasteiger partial charge in [0.25, 0.3) is 0 Å². The van der Waals surface area contributed by atoms with Crippen LogP contribution >= 0.6 is 23.2 Å². The Hall–Kier alpha value is -1.54. The van der Waals surface area contributed by atoms with E-state index in [1.807, 2.05) is 0 Å². The van der Waals surface area contributed by atoms with Gasteiger partial charge in [0.05, 0.1) is 26.4 Å². The van der Waals surface area contributed by atoms with E-state index >= 15 is 0 Å². The SMILES string of the molecule is Clc1ccc(OCCO[C@@H]2OCCO[C@H]2OCCOc2ccc(Cl)cc2)cc1. The molecule has 0 radical (unpaired) electrons. The maximum Gasteiger partial charge on any atom is 0.209 e. The Kier molecular flexibility index (Phi) is 8.67. The Bertz CT molecular complexity index is 633. The van der Waals surface area contributed by atoms with Crippen molar-refractivity contribution in [2.45, 2.75) is 12.6 Å². The van der Waals surface area contributed by atoms with E-state index in [1.165, 1.54) is 0 Å². The molecule has 1 fully saturated rings. The van der Waals surface area contributed by atoms with E-state index in [0.29, 0.717) is 49.7 Å². The van der Waals surface area contributed by atoms with Gasteiger partial charge in [-0.15, -0.1) is 0 Å². The molecule has 0 aromatic heterocycles. The maximum absolute atomic E-state index is 5.84. The van der Waals surface area contributed by atoms with Gasteiger partial charge in [0.2, 0.25) is 12.6 Å². The van der Waals surface area contributed by atoms with Gasteiger partial charge in [0.1, 0.15) is 24.7 Å². The summed E-state index contributed by atoms with van der Waals surface area (Å²) in [7, 11) is 0. The normalized spacial score (nSPS) is 19.4. The molecule has 0 aliphatic carbocycles. The number of rotatable bonds is 10. The molecular formula is C20H22Cl2O6. The van der Waals surface area contributed by atoms with Gasteiger partial charge in [0, 0.05) is 10.0 Å². The van der Waals surface area contributed by atoms with E-state index in [2.05, 4.69) is 0 Å². The quantitative estimate of drug-likeness (QED) is 0.529. The summed E-state index contributed by atoms with van der Waals surface area (Å²) in [5.74, 6) is 1.45. The van der Waals surface area contributed by atoms with E-state index in [0.717, 1.165) is 11.5 Å². The first kappa shape index (κ1) is 21.2. The highest BCUT2D eigenvalue weighted by molar-refractivity contribution is 6.30. The summed E-state index contributed by atoms with van der Waals surface area (Å²) >= 11 is 11.7. The molecule has 1 heterocycles. The third-order valence-corrected chi connectivity index (χ3v) is 4.27. The summed E-state index contributed by atoms with van der Waals surface area (Å²) in [5, 5.41) is 1.33. The molecule has 0 N–H and O–H groups in total. The second-order valence-electron chi connectivity index (χ2n) is 5.82. The standard InChI is InChI=1S/C20H22Cl2O6/c21-15-1-5-17(6-2-15)23-9-11-25-19-20(28-14-13-27-19)26-12-10-24-18-7-3-16(22)4-8-18/h1-8,19-20H,9-14H2/t19-,20-/m1/s1. The third kappa shape index (κ3) is 7.13. The highest BCUT2D eigenvalue weighted by Gasteiger charge is 2.28. The van der Waals surface area contributed by atoms with Crippen molar-refractivity contribution in [3.8, 4) is 11.5 Å². The number of hydrogen-bond acceptors (Lipinski definition) is 6. The van der Waals surface area contributed by atoms with Crippen molar-refractivity contribution in [2.75, 3.05) is 39.6 Å². The lowest BCUT2D eigenvalue weighted by molar-refractivity contribution is -0.321. The fraction of sp³-hybridized carbons (Fsp3) is 0.400. The molecule has 8 heteroatoms. The maximum atomic E-state index is 5.84. The van der Waals surface area contributed by atoms with Crippen molar-refractivity contribution in [2.24, 2.45) is 0 Å². The first-order valence-corrected chi connectivity index (χ1v) is 9.69. The van der Waals surface area contributed by atoms with E-state index in [-0.39, 0.29) is 0 Å². The van der Waals surface area contributed by atoms with Gasteiger partial charge in [-0.25, -0.2) is 0 Å². The predicted molar refractivity (Wildman–Crippen MR) is 105 cm³/mol. The van der Waals surface area contributed by atoms with Crippen molar-refractivity contribution in [1.29, 1.82) is 0 Å². The Morgan fingerprint density at radius 2 is 1.04 bits per heavy atom. The first-order chi connectivity index (χ1) is 13.7. The van der Waals surface area contributed by atoms with Gasteiger partial charge < -0.3 is 28.4 Å². The molecule has 0 spiro atoms. The highest BCUT2D eigenvalue weighted by atomic mass is 35.5. The fourth-order valence-electron chi connectivity index (χ4n) is 2.45. The van der Waals surface area contributed by atoms with Gasteiger partial charge in [-0.3, -0.25) is 0 Å². The summed E-state index contributed by atoms with van der Waals surface area (Å²) < 4.78 is 33.7. The lowest BCUT2D eigenvalue weighted by atomic mass is 10.3. The molecule has 1 aliphatic rings. The zero-order chi connectivity index (χ0) is 19.6. The Morgan fingerprint density at radius 1 is 0.643 bits per heavy atom. The van der Waals surface area contributed by atoms with Crippen LogP contribution in [0.2, 0.25) is 10.0 Å². The van der Waals surface area contributed by atoms with Crippen molar-refractivity contribution in [1.82, 2.24) is 0 Å². The number of ether oxygens (including phenoxy) is 6. The van der Waals surface area contributed by atoms with Crippen LogP contribution < -0.4 is 9.47 Å². The van der Waals surface area contributed by atoms with Crippen molar-refractivity contribution < 1.29 is 28.4 Å². The molecule has 152 valence electrons. The molecule has 2 aromatic rings. The predicted octanol–water partition coefficient (Wildman–Crippen LogP) is 4.18. The number of halogens is 2. The Balaban J connectivity index is 1.33. The van der Waals surface area contributed by atoms with Crippen LogP contribution in [0.15, 0.2) is 48.5 Å². The van der Waals surface area contributed by atoms with E-state index in [1.54, 1.807) is 48.5 Å². The second-order valence-corrected chi connectivity index (χ2v) is 6.70. The van der Waals surface area contributed by atoms with Crippen LogP contribution in [0.1, 0.15) is 0 Å². The zero-order valence-corrected chi connectivity index (χ0v) is 16.7. The Morgan fingerprint density at radius 3 is 1.43 bits per heavy atom. The lowest BCUT2D eigenvalue weighted by Crippen LogP contribution is -2.43. The van der Waals surface area contributed by atoms with E-state index in [9.17, 15) is 0 Å². The average Bonchev–Trinajstić information content (AvgIpc) is 2.72. The van der Waals surface area contributed by atoms with Crippen LogP contribution in [0.4, 0.5) is 0 Å². The molecular weight excluding hydrogens is 407 g/mol. The van der Waals surface area contributed by atoms with Gasteiger partial charge >= 0.3 is 0 Å². The molecule has 2 atom stereocenters. The van der Waals surface area contributed by atoms with Crippen LogP contribution in [-0.2, 0) is 18.9 Å². The summed E-state index contributed by atoms with van der Waals surface area (Å²) in [6.07, 6.45) is -1.23.